The summed E-state index contributed by atoms with van der Waals surface area (Å²) in [7, 11) is -4.81. The van der Waals surface area contributed by atoms with Gasteiger partial charge in [0.1, 0.15) is 8.07 Å². The van der Waals surface area contributed by atoms with Crippen molar-refractivity contribution in [3.8, 4) is 6.07 Å². The van der Waals surface area contributed by atoms with Gasteiger partial charge in [-0.25, -0.2) is 5.01 Å². The van der Waals surface area contributed by atoms with Crippen LogP contribution >= 0.6 is 8.53 Å². The van der Waals surface area contributed by atoms with Gasteiger partial charge in [-0.1, -0.05) is 91.0 Å². The highest BCUT2D eigenvalue weighted by molar-refractivity contribution is 7.42. The lowest BCUT2D eigenvalue weighted by Crippen LogP contribution is -2.67. The Balaban J connectivity index is 2.02. The third-order valence-corrected chi connectivity index (χ3v) is 12.5. The van der Waals surface area contributed by atoms with Crippen molar-refractivity contribution >= 4 is 32.2 Å². The summed E-state index contributed by atoms with van der Waals surface area (Å²) in [5, 5.41) is 16.1. The van der Waals surface area contributed by atoms with E-state index in [2.05, 4.69) is 78.9 Å². The predicted octanol–water partition coefficient (Wildman–Crippen LogP) is 4.23. The molecule has 3 aromatic rings. The standard InChI is InChI=1S/C29H38N3O2PSi/c1-24(2)32(25(3)4)31(35(33)34)23-26(22-30)20-21-36(27-14-8-5-9-15-27,28-16-10-6-11-17-28)29-18-12-7-13-19-29/h5-19,24-26,33-34H,20-21,23H2,1-4H3. The molecule has 0 spiro atoms. The third-order valence-electron chi connectivity index (χ3n) is 6.77. The van der Waals surface area contributed by atoms with Crippen molar-refractivity contribution in [2.75, 3.05) is 6.54 Å². The number of hydrazine groups is 1. The van der Waals surface area contributed by atoms with E-state index in [1.807, 2.05) is 50.9 Å². The van der Waals surface area contributed by atoms with Gasteiger partial charge in [-0.2, -0.15) is 10.0 Å². The van der Waals surface area contributed by atoms with Crippen molar-refractivity contribution in [3.63, 3.8) is 0 Å². The van der Waals surface area contributed by atoms with Crippen LogP contribution < -0.4 is 15.6 Å². The molecule has 190 valence electrons. The molecule has 0 radical (unpaired) electrons. The van der Waals surface area contributed by atoms with Gasteiger partial charge >= 0.3 is 0 Å². The van der Waals surface area contributed by atoms with Crippen molar-refractivity contribution < 1.29 is 9.79 Å². The zero-order valence-electron chi connectivity index (χ0n) is 21.7. The Morgan fingerprint density at radius 2 is 1.14 bits per heavy atom. The van der Waals surface area contributed by atoms with Crippen molar-refractivity contribution in [1.82, 2.24) is 9.79 Å². The summed E-state index contributed by atoms with van der Waals surface area (Å²) >= 11 is 0. The normalized spacial score (nSPS) is 13.1. The van der Waals surface area contributed by atoms with Crippen LogP contribution in [0.25, 0.3) is 0 Å². The van der Waals surface area contributed by atoms with E-state index in [4.69, 9.17) is 0 Å². The Morgan fingerprint density at radius 1 is 0.750 bits per heavy atom. The molecule has 5 nitrogen and oxygen atoms in total. The van der Waals surface area contributed by atoms with Crippen LogP contribution in [0.15, 0.2) is 91.0 Å². The zero-order chi connectivity index (χ0) is 26.1. The summed E-state index contributed by atoms with van der Waals surface area (Å²) in [4.78, 5) is 20.6. The molecular formula is C29H38N3O2PSi. The molecule has 0 heterocycles. The molecule has 1 unspecified atom stereocenters. The van der Waals surface area contributed by atoms with E-state index >= 15 is 0 Å². The predicted molar refractivity (Wildman–Crippen MR) is 153 cm³/mol. The number of nitriles is 1. The summed E-state index contributed by atoms with van der Waals surface area (Å²) in [6.07, 6.45) is 0.658. The van der Waals surface area contributed by atoms with Gasteiger partial charge < -0.3 is 9.79 Å². The Kier molecular flexibility index (Phi) is 10.4. The van der Waals surface area contributed by atoms with Gasteiger partial charge in [-0.05, 0) is 55.7 Å². The number of rotatable bonds is 12. The number of hydrogen-bond acceptors (Lipinski definition) is 5. The maximum absolute atomic E-state index is 10.3. The smallest absolute Gasteiger partial charge is 0.268 e. The first-order valence-corrected chi connectivity index (χ1v) is 16.0. The maximum atomic E-state index is 10.3. The Bertz CT molecular complexity index is 987. The van der Waals surface area contributed by atoms with E-state index in [9.17, 15) is 15.0 Å². The summed E-state index contributed by atoms with van der Waals surface area (Å²) in [5.74, 6) is -0.350. The highest BCUT2D eigenvalue weighted by Crippen LogP contribution is 2.35. The molecule has 36 heavy (non-hydrogen) atoms. The van der Waals surface area contributed by atoms with Crippen LogP contribution in [-0.2, 0) is 0 Å². The van der Waals surface area contributed by atoms with Gasteiger partial charge in [-0.15, -0.1) is 0 Å². The van der Waals surface area contributed by atoms with Gasteiger partial charge in [0.15, 0.2) is 0 Å². The fourth-order valence-electron chi connectivity index (χ4n) is 5.27. The number of benzene rings is 3. The van der Waals surface area contributed by atoms with Gasteiger partial charge in [0.2, 0.25) is 0 Å². The highest BCUT2D eigenvalue weighted by atomic mass is 31.2. The molecule has 0 aliphatic rings. The van der Waals surface area contributed by atoms with Crippen LogP contribution in [0.1, 0.15) is 34.1 Å². The minimum Gasteiger partial charge on any atom is -0.337 e. The average Bonchev–Trinajstić information content (AvgIpc) is 2.89. The SMILES string of the molecule is CC(C)N(C(C)C)N(CC(C#N)CC[Si](c1ccccc1)(c1ccccc1)c1ccccc1)P(O)O. The first kappa shape index (κ1) is 28.2. The molecule has 7 heteroatoms. The lowest BCUT2D eigenvalue weighted by Gasteiger charge is -2.41. The van der Waals surface area contributed by atoms with Crippen molar-refractivity contribution in [2.24, 2.45) is 5.92 Å². The summed E-state index contributed by atoms with van der Waals surface area (Å²) in [6, 6.07) is 35.6. The second kappa shape index (κ2) is 13.3. The average molecular weight is 520 g/mol. The van der Waals surface area contributed by atoms with Crippen LogP contribution in [0.5, 0.6) is 0 Å². The van der Waals surface area contributed by atoms with Gasteiger partial charge in [0.05, 0.1) is 12.0 Å². The van der Waals surface area contributed by atoms with Gasteiger partial charge in [0.25, 0.3) is 8.53 Å². The van der Waals surface area contributed by atoms with E-state index in [0.717, 1.165) is 6.04 Å². The highest BCUT2D eigenvalue weighted by Gasteiger charge is 2.40. The van der Waals surface area contributed by atoms with E-state index in [1.54, 1.807) is 4.78 Å². The molecule has 1 atom stereocenters. The van der Waals surface area contributed by atoms with Gasteiger partial charge in [0, 0.05) is 18.6 Å². The molecule has 3 aromatic carbocycles. The fraction of sp³-hybridized carbons (Fsp3) is 0.345. The first-order valence-electron chi connectivity index (χ1n) is 12.6. The minimum atomic E-state index is -2.45. The molecule has 0 aliphatic carbocycles. The summed E-state index contributed by atoms with van der Waals surface area (Å²) in [5.41, 5.74) is 0. The van der Waals surface area contributed by atoms with Crippen molar-refractivity contribution in [1.29, 1.82) is 5.26 Å². The lowest BCUT2D eigenvalue weighted by molar-refractivity contribution is -0.0215. The fourth-order valence-corrected chi connectivity index (χ4v) is 11.1. The Morgan fingerprint density at radius 3 is 1.44 bits per heavy atom. The van der Waals surface area contributed by atoms with Crippen LogP contribution in [0.2, 0.25) is 6.04 Å². The largest absolute Gasteiger partial charge is 0.337 e. The van der Waals surface area contributed by atoms with Crippen LogP contribution in [0.4, 0.5) is 0 Å². The van der Waals surface area contributed by atoms with E-state index < -0.39 is 16.6 Å². The quantitative estimate of drug-likeness (QED) is 0.162. The molecular weight excluding hydrogens is 481 g/mol. The minimum absolute atomic E-state index is 0.0834. The molecule has 0 aliphatic heterocycles. The molecule has 3 rings (SSSR count). The van der Waals surface area contributed by atoms with E-state index in [0.29, 0.717) is 6.42 Å². The molecule has 0 fully saturated rings. The first-order chi connectivity index (χ1) is 17.3. The second-order valence-electron chi connectivity index (χ2n) is 9.76. The van der Waals surface area contributed by atoms with Gasteiger partial charge in [-0.3, -0.25) is 0 Å². The maximum Gasteiger partial charge on any atom is 0.268 e. The summed E-state index contributed by atoms with van der Waals surface area (Å²) in [6.45, 7) is 8.42. The molecule has 2 N–H and O–H groups in total. The monoisotopic (exact) mass is 519 g/mol. The van der Waals surface area contributed by atoms with Crippen molar-refractivity contribution in [2.45, 2.75) is 52.2 Å². The molecule has 0 amide bonds. The third kappa shape index (κ3) is 6.49. The molecule has 0 bridgehead atoms. The molecule has 0 saturated heterocycles. The Labute approximate surface area is 218 Å². The van der Waals surface area contributed by atoms with Crippen LogP contribution in [-0.4, -0.2) is 46.3 Å². The summed E-state index contributed by atoms with van der Waals surface area (Å²) < 4.78 is 1.61. The number of nitrogens with zero attached hydrogens (tertiary/aromatic N) is 3. The Hall–Kier alpha value is -2.36. The number of hydrogen-bond donors (Lipinski definition) is 2. The van der Waals surface area contributed by atoms with Crippen LogP contribution in [0, 0.1) is 17.2 Å². The molecule has 0 saturated carbocycles. The van der Waals surface area contributed by atoms with E-state index in [1.165, 1.54) is 15.6 Å². The van der Waals surface area contributed by atoms with Crippen LogP contribution in [0.3, 0.4) is 0 Å². The van der Waals surface area contributed by atoms with Crippen molar-refractivity contribution in [3.05, 3.63) is 91.0 Å². The molecule has 0 aromatic heterocycles. The zero-order valence-corrected chi connectivity index (χ0v) is 23.6. The second-order valence-corrected chi connectivity index (χ2v) is 14.8. The topological polar surface area (TPSA) is 70.7 Å². The van der Waals surface area contributed by atoms with E-state index in [-0.39, 0.29) is 24.5 Å². The lowest BCUT2D eigenvalue weighted by atomic mass is 10.1.